The zero-order valence-corrected chi connectivity index (χ0v) is 8.54. The van der Waals surface area contributed by atoms with E-state index in [9.17, 15) is 13.2 Å². The molecular formula is C8H14O4S. The molecule has 0 radical (unpaired) electrons. The quantitative estimate of drug-likeness (QED) is 0.715. The van der Waals surface area contributed by atoms with Crippen LogP contribution in [0.25, 0.3) is 0 Å². The summed E-state index contributed by atoms with van der Waals surface area (Å²) in [5, 5.41) is 8.32. The highest BCUT2D eigenvalue weighted by Crippen LogP contribution is 2.35. The van der Waals surface area contributed by atoms with Crippen molar-refractivity contribution in [3.8, 4) is 0 Å². The zero-order chi connectivity index (χ0) is 10.2. The Morgan fingerprint density at radius 3 is 2.15 bits per heavy atom. The fraction of sp³-hybridized carbons (Fsp3) is 0.875. The highest BCUT2D eigenvalue weighted by Gasteiger charge is 2.40. The molecule has 0 bridgehead atoms. The molecule has 0 saturated heterocycles. The van der Waals surface area contributed by atoms with Crippen molar-refractivity contribution in [1.29, 1.82) is 0 Å². The normalized spacial score (nSPS) is 34.8. The van der Waals surface area contributed by atoms with E-state index in [4.69, 9.17) is 5.11 Å². The fourth-order valence-electron chi connectivity index (χ4n) is 1.88. The lowest BCUT2D eigenvalue weighted by atomic mass is 9.99. The number of carboxylic acids is 1. The largest absolute Gasteiger partial charge is 0.481 e. The van der Waals surface area contributed by atoms with E-state index >= 15 is 0 Å². The van der Waals surface area contributed by atoms with Crippen molar-refractivity contribution in [3.05, 3.63) is 0 Å². The van der Waals surface area contributed by atoms with Crippen molar-refractivity contribution >= 4 is 15.8 Å². The molecule has 1 aliphatic rings. The van der Waals surface area contributed by atoms with Gasteiger partial charge in [-0.2, -0.15) is 0 Å². The minimum absolute atomic E-state index is 0.0303. The van der Waals surface area contributed by atoms with Crippen molar-refractivity contribution < 1.29 is 18.3 Å². The Bertz CT molecular complexity index is 306. The summed E-state index contributed by atoms with van der Waals surface area (Å²) >= 11 is 0. The molecule has 5 heteroatoms. The van der Waals surface area contributed by atoms with Crippen LogP contribution in [0.15, 0.2) is 0 Å². The highest BCUT2D eigenvalue weighted by molar-refractivity contribution is 7.91. The lowest BCUT2D eigenvalue weighted by molar-refractivity contribution is -0.142. The van der Waals surface area contributed by atoms with Crippen molar-refractivity contribution in [2.24, 2.45) is 11.8 Å². The molecule has 1 N–H and O–H groups in total. The van der Waals surface area contributed by atoms with Crippen LogP contribution in [-0.2, 0) is 14.6 Å². The Labute approximate surface area is 77.9 Å². The Morgan fingerprint density at radius 1 is 1.38 bits per heavy atom. The Balaban J connectivity index is 2.77. The molecule has 0 aromatic heterocycles. The maximum atomic E-state index is 11.2. The number of aliphatic carboxylic acids is 1. The van der Waals surface area contributed by atoms with Gasteiger partial charge in [0.25, 0.3) is 0 Å². The lowest BCUT2D eigenvalue weighted by Crippen LogP contribution is -2.18. The van der Waals surface area contributed by atoms with Gasteiger partial charge in [-0.25, -0.2) is 8.42 Å². The molecule has 0 amide bonds. The first-order chi connectivity index (χ1) is 5.82. The van der Waals surface area contributed by atoms with E-state index in [1.165, 1.54) is 6.26 Å². The third kappa shape index (κ3) is 2.21. The molecule has 0 aromatic rings. The van der Waals surface area contributed by atoms with E-state index in [1.54, 1.807) is 6.92 Å². The molecule has 1 rings (SSSR count). The maximum Gasteiger partial charge on any atom is 0.306 e. The third-order valence-electron chi connectivity index (χ3n) is 2.76. The summed E-state index contributed by atoms with van der Waals surface area (Å²) in [6, 6.07) is 0. The van der Waals surface area contributed by atoms with Gasteiger partial charge in [-0.3, -0.25) is 4.79 Å². The lowest BCUT2D eigenvalue weighted by Gasteiger charge is -2.07. The second-order valence-corrected chi connectivity index (χ2v) is 6.17. The predicted octanol–water partition coefficient (Wildman–Crippen LogP) is 0.530. The Hall–Kier alpha value is -0.580. The fourth-order valence-corrected chi connectivity index (χ4v) is 3.09. The molecule has 3 atom stereocenters. The summed E-state index contributed by atoms with van der Waals surface area (Å²) in [5.74, 6) is -1.39. The molecule has 1 saturated carbocycles. The molecule has 4 nitrogen and oxygen atoms in total. The molecule has 0 unspecified atom stereocenters. The molecule has 0 spiro atoms. The number of rotatable bonds is 2. The van der Waals surface area contributed by atoms with Gasteiger partial charge in [0.1, 0.15) is 9.84 Å². The van der Waals surface area contributed by atoms with Gasteiger partial charge in [0.05, 0.1) is 11.2 Å². The van der Waals surface area contributed by atoms with E-state index in [-0.39, 0.29) is 12.3 Å². The van der Waals surface area contributed by atoms with Gasteiger partial charge in [-0.1, -0.05) is 6.92 Å². The predicted molar refractivity (Wildman–Crippen MR) is 48.2 cm³/mol. The molecule has 1 aliphatic carbocycles. The van der Waals surface area contributed by atoms with Gasteiger partial charge in [0.15, 0.2) is 0 Å². The monoisotopic (exact) mass is 206 g/mol. The summed E-state index contributed by atoms with van der Waals surface area (Å²) in [4.78, 5) is 10.7. The smallest absolute Gasteiger partial charge is 0.306 e. The van der Waals surface area contributed by atoms with Crippen LogP contribution in [0, 0.1) is 11.8 Å². The van der Waals surface area contributed by atoms with Crippen LogP contribution in [0.1, 0.15) is 19.8 Å². The van der Waals surface area contributed by atoms with Crippen LogP contribution < -0.4 is 0 Å². The molecule has 0 heterocycles. The highest BCUT2D eigenvalue weighted by atomic mass is 32.2. The molecule has 76 valence electrons. The van der Waals surface area contributed by atoms with E-state index in [1.807, 2.05) is 0 Å². The SMILES string of the molecule is C[C@H]1C[C@@H](S(C)(=O)=O)C[C@@H]1C(=O)O. The number of carboxylic acid groups (broad SMARTS) is 1. The van der Waals surface area contributed by atoms with Crippen LogP contribution in [0.2, 0.25) is 0 Å². The second kappa shape index (κ2) is 3.29. The number of hydrogen-bond donors (Lipinski definition) is 1. The minimum atomic E-state index is -3.07. The molecule has 0 aliphatic heterocycles. The number of sulfone groups is 1. The Kier molecular flexibility index (Phi) is 2.66. The van der Waals surface area contributed by atoms with E-state index < -0.39 is 27.0 Å². The first-order valence-electron chi connectivity index (χ1n) is 4.24. The topological polar surface area (TPSA) is 71.4 Å². The van der Waals surface area contributed by atoms with Crippen molar-refractivity contribution in [1.82, 2.24) is 0 Å². The van der Waals surface area contributed by atoms with Gasteiger partial charge in [0, 0.05) is 6.26 Å². The van der Waals surface area contributed by atoms with Crippen LogP contribution in [0.4, 0.5) is 0 Å². The van der Waals surface area contributed by atoms with Gasteiger partial charge in [-0.15, -0.1) is 0 Å². The average Bonchev–Trinajstić information content (AvgIpc) is 2.29. The van der Waals surface area contributed by atoms with Crippen LogP contribution in [-0.4, -0.2) is 31.0 Å². The zero-order valence-electron chi connectivity index (χ0n) is 7.73. The first kappa shape index (κ1) is 10.5. The van der Waals surface area contributed by atoms with Gasteiger partial charge >= 0.3 is 5.97 Å². The van der Waals surface area contributed by atoms with Crippen molar-refractivity contribution in [2.45, 2.75) is 25.0 Å². The Morgan fingerprint density at radius 2 is 1.92 bits per heavy atom. The summed E-state index contributed by atoms with van der Waals surface area (Å²) in [6.07, 6.45) is 1.93. The van der Waals surface area contributed by atoms with Gasteiger partial charge in [0.2, 0.25) is 0 Å². The van der Waals surface area contributed by atoms with Gasteiger partial charge in [-0.05, 0) is 18.8 Å². The van der Waals surface area contributed by atoms with E-state index in [0.717, 1.165) is 0 Å². The molecule has 1 fully saturated rings. The maximum absolute atomic E-state index is 11.2. The van der Waals surface area contributed by atoms with Crippen LogP contribution in [0.3, 0.4) is 0 Å². The van der Waals surface area contributed by atoms with E-state index in [0.29, 0.717) is 6.42 Å². The summed E-state index contributed by atoms with van der Waals surface area (Å²) in [5.41, 5.74) is 0. The molecular weight excluding hydrogens is 192 g/mol. The molecule has 13 heavy (non-hydrogen) atoms. The number of hydrogen-bond acceptors (Lipinski definition) is 3. The second-order valence-electron chi connectivity index (χ2n) is 3.84. The van der Waals surface area contributed by atoms with Gasteiger partial charge < -0.3 is 5.11 Å². The van der Waals surface area contributed by atoms with Crippen molar-refractivity contribution in [3.63, 3.8) is 0 Å². The van der Waals surface area contributed by atoms with Crippen molar-refractivity contribution in [2.75, 3.05) is 6.26 Å². The molecule has 0 aromatic carbocycles. The third-order valence-corrected chi connectivity index (χ3v) is 4.36. The van der Waals surface area contributed by atoms with Crippen LogP contribution >= 0.6 is 0 Å². The number of carbonyl (C=O) groups is 1. The van der Waals surface area contributed by atoms with E-state index in [2.05, 4.69) is 0 Å². The summed E-state index contributed by atoms with van der Waals surface area (Å²) in [7, 11) is -3.07. The average molecular weight is 206 g/mol. The van der Waals surface area contributed by atoms with Crippen LogP contribution in [0.5, 0.6) is 0 Å². The summed E-state index contributed by atoms with van der Waals surface area (Å²) < 4.78 is 22.3. The minimum Gasteiger partial charge on any atom is -0.481 e. The standard InChI is InChI=1S/C8H14O4S/c1-5-3-6(13(2,11)12)4-7(5)8(9)10/h5-7H,3-4H2,1-2H3,(H,9,10)/t5-,6+,7-/m0/s1. The summed E-state index contributed by atoms with van der Waals surface area (Å²) in [6.45, 7) is 1.80. The first-order valence-corrected chi connectivity index (χ1v) is 6.19.